The van der Waals surface area contributed by atoms with E-state index in [0.717, 1.165) is 32.9 Å². The van der Waals surface area contributed by atoms with E-state index in [4.69, 9.17) is 0 Å². The van der Waals surface area contributed by atoms with E-state index in [1.807, 2.05) is 18.2 Å². The quantitative estimate of drug-likeness (QED) is 0.817. The lowest BCUT2D eigenvalue weighted by Gasteiger charge is -2.09. The SMILES string of the molecule is CC(N=O)c1ccc2c(c1)CCc1c(O)cc(O)cc1S2. The van der Waals surface area contributed by atoms with Crippen molar-refractivity contribution in [2.75, 3.05) is 0 Å². The van der Waals surface area contributed by atoms with Crippen LogP contribution in [0.1, 0.15) is 29.7 Å². The van der Waals surface area contributed by atoms with E-state index in [2.05, 4.69) is 5.18 Å². The number of nitrogens with zero attached hydrogens (tertiary/aromatic N) is 1. The summed E-state index contributed by atoms with van der Waals surface area (Å²) >= 11 is 1.53. The Morgan fingerprint density at radius 1 is 1.14 bits per heavy atom. The first-order chi connectivity index (χ1) is 10.1. The van der Waals surface area contributed by atoms with Gasteiger partial charge in [-0.05, 0) is 43.0 Å². The zero-order valence-electron chi connectivity index (χ0n) is 11.5. The molecule has 0 saturated carbocycles. The first kappa shape index (κ1) is 13.9. The van der Waals surface area contributed by atoms with E-state index < -0.39 is 0 Å². The molecule has 1 aliphatic heterocycles. The van der Waals surface area contributed by atoms with Crippen LogP contribution < -0.4 is 0 Å². The number of rotatable bonds is 2. The summed E-state index contributed by atoms with van der Waals surface area (Å²) in [6.45, 7) is 1.77. The van der Waals surface area contributed by atoms with Crippen LogP contribution in [-0.4, -0.2) is 10.2 Å². The fraction of sp³-hybridized carbons (Fsp3) is 0.250. The van der Waals surface area contributed by atoms with Crippen molar-refractivity contribution in [1.82, 2.24) is 0 Å². The molecule has 0 aliphatic carbocycles. The number of fused-ring (bicyclic) bond motifs is 2. The molecule has 4 nitrogen and oxygen atoms in total. The number of hydrogen-bond acceptors (Lipinski definition) is 5. The summed E-state index contributed by atoms with van der Waals surface area (Å²) in [4.78, 5) is 12.6. The van der Waals surface area contributed by atoms with Gasteiger partial charge in [0.25, 0.3) is 0 Å². The van der Waals surface area contributed by atoms with Crippen LogP contribution in [0, 0.1) is 4.91 Å². The second-order valence-electron chi connectivity index (χ2n) is 5.19. The molecule has 2 N–H and O–H groups in total. The van der Waals surface area contributed by atoms with E-state index in [1.54, 1.807) is 13.0 Å². The number of phenolic OH excluding ortho intramolecular Hbond substituents is 2. The van der Waals surface area contributed by atoms with Crippen LogP contribution in [0.5, 0.6) is 11.5 Å². The fourth-order valence-corrected chi connectivity index (χ4v) is 3.73. The van der Waals surface area contributed by atoms with Crippen LogP contribution in [0.4, 0.5) is 0 Å². The molecule has 21 heavy (non-hydrogen) atoms. The van der Waals surface area contributed by atoms with Crippen LogP contribution in [0.25, 0.3) is 0 Å². The molecule has 0 amide bonds. The van der Waals surface area contributed by atoms with Crippen molar-refractivity contribution in [2.24, 2.45) is 5.18 Å². The first-order valence-corrected chi connectivity index (χ1v) is 7.58. The smallest absolute Gasteiger partial charge is 0.123 e. The third-order valence-electron chi connectivity index (χ3n) is 3.76. The molecule has 0 radical (unpaired) electrons. The highest BCUT2D eigenvalue weighted by atomic mass is 32.2. The van der Waals surface area contributed by atoms with Gasteiger partial charge in [-0.15, -0.1) is 0 Å². The topological polar surface area (TPSA) is 69.9 Å². The number of phenols is 2. The number of aryl methyl sites for hydroxylation is 1. The number of aromatic hydroxyl groups is 2. The van der Waals surface area contributed by atoms with Gasteiger partial charge in [0, 0.05) is 21.4 Å². The van der Waals surface area contributed by atoms with Gasteiger partial charge in [-0.3, -0.25) is 0 Å². The van der Waals surface area contributed by atoms with E-state index in [9.17, 15) is 15.1 Å². The lowest BCUT2D eigenvalue weighted by Crippen LogP contribution is -1.95. The molecular formula is C16H15NO3S. The third-order valence-corrected chi connectivity index (χ3v) is 4.96. The van der Waals surface area contributed by atoms with Crippen molar-refractivity contribution in [2.45, 2.75) is 35.6 Å². The Bertz CT molecular complexity index is 715. The Hall–Kier alpha value is -2.01. The first-order valence-electron chi connectivity index (χ1n) is 6.76. The molecule has 2 aromatic rings. The van der Waals surface area contributed by atoms with Crippen molar-refractivity contribution in [3.63, 3.8) is 0 Å². The average Bonchev–Trinajstić information content (AvgIpc) is 2.64. The lowest BCUT2D eigenvalue weighted by atomic mass is 10.00. The molecule has 1 aliphatic rings. The molecule has 3 rings (SSSR count). The van der Waals surface area contributed by atoms with Gasteiger partial charge in [0.2, 0.25) is 0 Å². The summed E-state index contributed by atoms with van der Waals surface area (Å²) in [6.07, 6.45) is 1.49. The zero-order chi connectivity index (χ0) is 15.0. The summed E-state index contributed by atoms with van der Waals surface area (Å²) < 4.78 is 0. The molecule has 1 atom stereocenters. The molecule has 0 bridgehead atoms. The highest BCUT2D eigenvalue weighted by Crippen LogP contribution is 2.42. The monoisotopic (exact) mass is 301 g/mol. The molecule has 2 aromatic carbocycles. The number of nitroso groups, excluding NO2 is 1. The minimum atomic E-state index is -0.358. The van der Waals surface area contributed by atoms with E-state index in [1.165, 1.54) is 17.8 Å². The highest BCUT2D eigenvalue weighted by molar-refractivity contribution is 7.99. The molecule has 5 heteroatoms. The maximum Gasteiger partial charge on any atom is 0.123 e. The molecule has 108 valence electrons. The van der Waals surface area contributed by atoms with Crippen LogP contribution in [0.2, 0.25) is 0 Å². The highest BCUT2D eigenvalue weighted by Gasteiger charge is 2.19. The van der Waals surface area contributed by atoms with Crippen molar-refractivity contribution >= 4 is 11.8 Å². The summed E-state index contributed by atoms with van der Waals surface area (Å²) in [5.41, 5.74) is 2.91. The van der Waals surface area contributed by atoms with Crippen molar-refractivity contribution in [3.05, 3.63) is 51.9 Å². The normalized spacial score (nSPS) is 14.7. The Kier molecular flexibility index (Phi) is 3.59. The van der Waals surface area contributed by atoms with Gasteiger partial charge in [0.15, 0.2) is 0 Å². The second-order valence-corrected chi connectivity index (χ2v) is 6.28. The van der Waals surface area contributed by atoms with Gasteiger partial charge in [0.05, 0.1) is 0 Å². The molecule has 0 fully saturated rings. The summed E-state index contributed by atoms with van der Waals surface area (Å²) in [5, 5.41) is 22.7. The minimum absolute atomic E-state index is 0.0672. The van der Waals surface area contributed by atoms with Gasteiger partial charge < -0.3 is 10.2 Å². The maximum atomic E-state index is 10.7. The number of benzene rings is 2. The number of hydrogen-bond donors (Lipinski definition) is 2. The fourth-order valence-electron chi connectivity index (χ4n) is 2.55. The summed E-state index contributed by atoms with van der Waals surface area (Å²) in [5.74, 6) is 0.200. The predicted molar refractivity (Wildman–Crippen MR) is 82.0 cm³/mol. The predicted octanol–water partition coefficient (Wildman–Crippen LogP) is 4.18. The maximum absolute atomic E-state index is 10.7. The Balaban J connectivity index is 2.03. The van der Waals surface area contributed by atoms with Gasteiger partial charge in [-0.2, -0.15) is 4.91 Å². The van der Waals surface area contributed by atoms with Crippen molar-refractivity contribution in [1.29, 1.82) is 0 Å². The standard InChI is InChI=1S/C16H15NO3S/c1-9(17-20)10-3-5-15-11(6-10)2-4-13-14(19)7-12(18)8-16(13)21-15/h3,5-9,18-19H,2,4H2,1H3. The molecule has 1 heterocycles. The minimum Gasteiger partial charge on any atom is -0.508 e. The van der Waals surface area contributed by atoms with E-state index in [-0.39, 0.29) is 17.5 Å². The molecule has 0 aromatic heterocycles. The van der Waals surface area contributed by atoms with Gasteiger partial charge in [-0.1, -0.05) is 29.1 Å². The molecule has 0 saturated heterocycles. The molecule has 0 spiro atoms. The van der Waals surface area contributed by atoms with Gasteiger partial charge in [0.1, 0.15) is 17.5 Å². The Morgan fingerprint density at radius 3 is 2.71 bits per heavy atom. The zero-order valence-corrected chi connectivity index (χ0v) is 12.4. The van der Waals surface area contributed by atoms with E-state index in [0.29, 0.717) is 6.42 Å². The van der Waals surface area contributed by atoms with E-state index >= 15 is 0 Å². The van der Waals surface area contributed by atoms with Crippen molar-refractivity contribution in [3.8, 4) is 11.5 Å². The van der Waals surface area contributed by atoms with Crippen molar-refractivity contribution < 1.29 is 10.2 Å². The van der Waals surface area contributed by atoms with Gasteiger partial charge >= 0.3 is 0 Å². The second kappa shape index (κ2) is 5.41. The Labute approximate surface area is 126 Å². The summed E-state index contributed by atoms with van der Waals surface area (Å²) in [7, 11) is 0. The molecular weight excluding hydrogens is 286 g/mol. The third kappa shape index (κ3) is 2.61. The van der Waals surface area contributed by atoms with Crippen LogP contribution in [0.15, 0.2) is 45.3 Å². The average molecular weight is 301 g/mol. The lowest BCUT2D eigenvalue weighted by molar-refractivity contribution is 0.442. The summed E-state index contributed by atoms with van der Waals surface area (Å²) in [6, 6.07) is 8.59. The molecule has 1 unspecified atom stereocenters. The van der Waals surface area contributed by atoms with Crippen LogP contribution in [-0.2, 0) is 12.8 Å². The van der Waals surface area contributed by atoms with Crippen LogP contribution >= 0.6 is 11.8 Å². The van der Waals surface area contributed by atoms with Gasteiger partial charge in [-0.25, -0.2) is 0 Å². The van der Waals surface area contributed by atoms with Crippen LogP contribution in [0.3, 0.4) is 0 Å². The largest absolute Gasteiger partial charge is 0.508 e. The Morgan fingerprint density at radius 2 is 1.95 bits per heavy atom.